The molecule has 150 valence electrons. The average Bonchev–Trinajstić information content (AvgIpc) is 3.10. The number of hydrogen-bond acceptors (Lipinski definition) is 2. The predicted molar refractivity (Wildman–Crippen MR) is 112 cm³/mol. The third kappa shape index (κ3) is 5.99. The van der Waals surface area contributed by atoms with Crippen molar-refractivity contribution in [3.05, 3.63) is 0 Å². The molecule has 0 aromatic heterocycles. The van der Waals surface area contributed by atoms with Crippen LogP contribution >= 0.6 is 0 Å². The summed E-state index contributed by atoms with van der Waals surface area (Å²) in [6.45, 7) is 4.97. The minimum atomic E-state index is -0.214. The molecule has 3 aliphatic rings. The smallest absolute Gasteiger partial charge is 0.168 e. The van der Waals surface area contributed by atoms with E-state index in [0.29, 0.717) is 0 Å². The lowest BCUT2D eigenvalue weighted by Gasteiger charge is -2.40. The van der Waals surface area contributed by atoms with E-state index in [-0.39, 0.29) is 5.79 Å². The van der Waals surface area contributed by atoms with Gasteiger partial charge >= 0.3 is 0 Å². The summed E-state index contributed by atoms with van der Waals surface area (Å²) in [6.07, 6.45) is 23.7. The van der Waals surface area contributed by atoms with Crippen molar-refractivity contribution in [3.8, 4) is 0 Å². The molecule has 2 nitrogen and oxygen atoms in total. The summed E-state index contributed by atoms with van der Waals surface area (Å²) in [4.78, 5) is 0. The van der Waals surface area contributed by atoms with Gasteiger partial charge in [0.05, 0.1) is 13.2 Å². The van der Waals surface area contributed by atoms with E-state index in [4.69, 9.17) is 9.47 Å². The second-order valence-electron chi connectivity index (χ2n) is 9.42. The second-order valence-corrected chi connectivity index (χ2v) is 9.42. The molecule has 3 heteroatoms. The van der Waals surface area contributed by atoms with E-state index in [0.717, 1.165) is 44.4 Å². The normalized spacial score (nSPS) is 27.8. The molecule has 2 bridgehead atoms. The van der Waals surface area contributed by atoms with Crippen molar-refractivity contribution in [1.29, 1.82) is 0 Å². The van der Waals surface area contributed by atoms with Crippen LogP contribution in [0.1, 0.15) is 110 Å². The molecule has 0 spiro atoms. The molecule has 3 fully saturated rings. The van der Waals surface area contributed by atoms with Gasteiger partial charge in [0.15, 0.2) is 5.79 Å². The Bertz CT molecular complexity index is 358. The van der Waals surface area contributed by atoms with Crippen LogP contribution in [0.15, 0.2) is 0 Å². The molecule has 26 heavy (non-hydrogen) atoms. The molecule has 0 radical (unpaired) electrons. The van der Waals surface area contributed by atoms with Gasteiger partial charge in [0, 0.05) is 12.8 Å². The molecule has 3 saturated heterocycles. The molecule has 0 amide bonds. The highest BCUT2D eigenvalue weighted by Crippen LogP contribution is 2.48. The summed E-state index contributed by atoms with van der Waals surface area (Å²) in [5, 5.41) is 0. The topological polar surface area (TPSA) is 18.5 Å². The summed E-state index contributed by atoms with van der Waals surface area (Å²) < 4.78 is 12.1. The van der Waals surface area contributed by atoms with Crippen LogP contribution < -0.4 is 0 Å². The number of rotatable bonds is 12. The third-order valence-electron chi connectivity index (χ3n) is 7.58. The zero-order chi connectivity index (χ0) is 18.1. The van der Waals surface area contributed by atoms with Crippen molar-refractivity contribution in [3.63, 3.8) is 0 Å². The monoisotopic (exact) mass is 362 g/mol. The third-order valence-corrected chi connectivity index (χ3v) is 7.58. The van der Waals surface area contributed by atoms with Gasteiger partial charge in [0.25, 0.3) is 0 Å². The van der Waals surface area contributed by atoms with Gasteiger partial charge in [0.2, 0.25) is 0 Å². The fraction of sp³-hybridized carbons (Fsp3) is 1.00. The zero-order valence-corrected chi connectivity index (χ0v) is 17.5. The standard InChI is InChI=1S/C23H43BO2/c1-2-3-4-7-16-23(25-19-20-26-23)17-8-5-6-9-18-24-21-12-10-13-22(24)15-11-14-21/h21-22H,2-20H2,1H3. The van der Waals surface area contributed by atoms with Gasteiger partial charge in [0.1, 0.15) is 6.71 Å². The first-order valence-corrected chi connectivity index (χ1v) is 12.1. The minimum absolute atomic E-state index is 0.214. The molecule has 3 heterocycles. The maximum Gasteiger partial charge on any atom is 0.168 e. The molecule has 0 atom stereocenters. The molecular formula is C23H43BO2. The lowest BCUT2D eigenvalue weighted by molar-refractivity contribution is -0.168. The van der Waals surface area contributed by atoms with Crippen LogP contribution in [-0.2, 0) is 9.47 Å². The largest absolute Gasteiger partial charge is 0.348 e. The summed E-state index contributed by atoms with van der Waals surface area (Å²) in [6, 6.07) is 0. The van der Waals surface area contributed by atoms with E-state index in [1.165, 1.54) is 96.2 Å². The van der Waals surface area contributed by atoms with E-state index in [2.05, 4.69) is 6.92 Å². The van der Waals surface area contributed by atoms with Crippen molar-refractivity contribution < 1.29 is 9.47 Å². The van der Waals surface area contributed by atoms with Gasteiger partial charge < -0.3 is 9.47 Å². The molecule has 0 aromatic carbocycles. The number of hydrogen-bond donors (Lipinski definition) is 0. The van der Waals surface area contributed by atoms with Crippen LogP contribution in [-0.4, -0.2) is 25.7 Å². The van der Waals surface area contributed by atoms with Crippen LogP contribution in [0.3, 0.4) is 0 Å². The summed E-state index contributed by atoms with van der Waals surface area (Å²) in [5.41, 5.74) is 0. The molecule has 0 aromatic rings. The average molecular weight is 362 g/mol. The Labute approximate surface area is 163 Å². The quantitative estimate of drug-likeness (QED) is 0.269. The molecule has 0 saturated carbocycles. The summed E-state index contributed by atoms with van der Waals surface area (Å²) in [5.74, 6) is 1.97. The highest BCUT2D eigenvalue weighted by Gasteiger charge is 2.38. The number of unbranched alkanes of at least 4 members (excludes halogenated alkanes) is 6. The number of fused-ring (bicyclic) bond motifs is 2. The molecule has 3 aliphatic heterocycles. The Morgan fingerprint density at radius 3 is 1.85 bits per heavy atom. The zero-order valence-electron chi connectivity index (χ0n) is 17.5. The SMILES string of the molecule is CCCCCCC1(CCCCCCB2C3CCCC2CCC3)OCCO1. The van der Waals surface area contributed by atoms with E-state index in [1.807, 2.05) is 0 Å². The first-order valence-electron chi connectivity index (χ1n) is 12.1. The van der Waals surface area contributed by atoms with Crippen LogP contribution in [0.5, 0.6) is 0 Å². The maximum absolute atomic E-state index is 6.05. The Balaban J connectivity index is 1.28. The van der Waals surface area contributed by atoms with Crippen LogP contribution in [0.25, 0.3) is 0 Å². The number of ether oxygens (including phenoxy) is 2. The van der Waals surface area contributed by atoms with E-state index in [9.17, 15) is 0 Å². The first-order chi connectivity index (χ1) is 12.8. The highest BCUT2D eigenvalue weighted by molar-refractivity contribution is 6.62. The molecule has 0 unspecified atom stereocenters. The van der Waals surface area contributed by atoms with Crippen LogP contribution in [0, 0.1) is 0 Å². The van der Waals surface area contributed by atoms with Crippen molar-refractivity contribution in [2.75, 3.05) is 13.2 Å². The Kier molecular flexibility index (Phi) is 8.84. The van der Waals surface area contributed by atoms with Crippen molar-refractivity contribution in [2.24, 2.45) is 0 Å². The fourth-order valence-corrected chi connectivity index (χ4v) is 6.15. The Hall–Kier alpha value is -0.0151. The Morgan fingerprint density at radius 1 is 0.731 bits per heavy atom. The summed E-state index contributed by atoms with van der Waals surface area (Å²) in [7, 11) is 0. The van der Waals surface area contributed by atoms with E-state index < -0.39 is 0 Å². The van der Waals surface area contributed by atoms with E-state index >= 15 is 0 Å². The lowest BCUT2D eigenvalue weighted by Crippen LogP contribution is -2.34. The fourth-order valence-electron chi connectivity index (χ4n) is 6.15. The van der Waals surface area contributed by atoms with E-state index in [1.54, 1.807) is 0 Å². The van der Waals surface area contributed by atoms with Crippen molar-refractivity contribution >= 4 is 6.71 Å². The lowest BCUT2D eigenvalue weighted by atomic mass is 9.26. The molecular weight excluding hydrogens is 319 g/mol. The van der Waals surface area contributed by atoms with Gasteiger partial charge in [-0.1, -0.05) is 102 Å². The maximum atomic E-state index is 6.05. The van der Waals surface area contributed by atoms with Crippen molar-refractivity contribution in [1.82, 2.24) is 0 Å². The Morgan fingerprint density at radius 2 is 1.27 bits per heavy atom. The van der Waals surface area contributed by atoms with Gasteiger partial charge in [-0.3, -0.25) is 0 Å². The predicted octanol–water partition coefficient (Wildman–Crippen LogP) is 7.25. The molecule has 0 N–H and O–H groups in total. The van der Waals surface area contributed by atoms with Crippen molar-refractivity contribution in [2.45, 2.75) is 133 Å². The minimum Gasteiger partial charge on any atom is -0.348 e. The molecule has 3 rings (SSSR count). The summed E-state index contributed by atoms with van der Waals surface area (Å²) >= 11 is 0. The molecule has 0 aliphatic carbocycles. The second kappa shape index (κ2) is 11.1. The van der Waals surface area contributed by atoms with Gasteiger partial charge in [-0.2, -0.15) is 0 Å². The van der Waals surface area contributed by atoms with Gasteiger partial charge in [-0.15, -0.1) is 0 Å². The van der Waals surface area contributed by atoms with Gasteiger partial charge in [-0.25, -0.2) is 0 Å². The van der Waals surface area contributed by atoms with Crippen LogP contribution in [0.4, 0.5) is 0 Å². The first kappa shape index (κ1) is 20.7. The van der Waals surface area contributed by atoms with Crippen LogP contribution in [0.2, 0.25) is 18.0 Å². The highest BCUT2D eigenvalue weighted by atomic mass is 16.7. The van der Waals surface area contributed by atoms with Gasteiger partial charge in [-0.05, 0) is 12.8 Å².